The molecule has 2 amide bonds. The van der Waals surface area contributed by atoms with E-state index < -0.39 is 11.9 Å². The van der Waals surface area contributed by atoms with E-state index in [-0.39, 0.29) is 29.5 Å². The topological polar surface area (TPSA) is 136 Å². The first-order chi connectivity index (χ1) is 19.2. The van der Waals surface area contributed by atoms with Crippen LogP contribution in [-0.4, -0.2) is 37.5 Å². The Labute approximate surface area is 229 Å². The molecular weight excluding hydrogens is 506 g/mol. The molecule has 0 aliphatic rings. The number of nitrogen functional groups attached to an aromatic ring is 1. The first kappa shape index (κ1) is 26.2. The lowest BCUT2D eigenvalue weighted by atomic mass is 10.0. The van der Waals surface area contributed by atoms with Crippen molar-refractivity contribution in [1.29, 1.82) is 0 Å². The Morgan fingerprint density at radius 2 is 1.85 bits per heavy atom. The van der Waals surface area contributed by atoms with Crippen LogP contribution in [0.5, 0.6) is 0 Å². The minimum absolute atomic E-state index is 0.0595. The second-order valence-electron chi connectivity index (χ2n) is 9.31. The first-order valence-corrected chi connectivity index (χ1v) is 12.6. The van der Waals surface area contributed by atoms with Crippen LogP contribution in [0, 0.1) is 18.8 Å². The molecule has 10 nitrogen and oxygen atoms in total. The van der Waals surface area contributed by atoms with Crippen molar-refractivity contribution in [1.82, 2.24) is 29.8 Å². The van der Waals surface area contributed by atoms with Gasteiger partial charge >= 0.3 is 0 Å². The zero-order valence-corrected chi connectivity index (χ0v) is 22.2. The van der Waals surface area contributed by atoms with Gasteiger partial charge in [-0.3, -0.25) is 19.0 Å². The SMILES string of the molecule is CC(=O)NCC#Cc1cccc2cc(C(C)NC(=O)c3c(N)nc4ccc(C)nn34)n(-c3ccccc3)c(=O)c12. The van der Waals surface area contributed by atoms with Gasteiger partial charge in [-0.1, -0.05) is 42.2 Å². The van der Waals surface area contributed by atoms with Crippen molar-refractivity contribution < 1.29 is 9.59 Å². The number of benzene rings is 2. The van der Waals surface area contributed by atoms with E-state index in [1.807, 2.05) is 55.5 Å². The number of aromatic nitrogens is 4. The molecule has 2 aromatic carbocycles. The predicted octanol–water partition coefficient (Wildman–Crippen LogP) is 2.90. The van der Waals surface area contributed by atoms with E-state index in [0.717, 1.165) is 0 Å². The highest BCUT2D eigenvalue weighted by Gasteiger charge is 2.23. The smallest absolute Gasteiger partial charge is 0.274 e. The number of rotatable bonds is 5. The van der Waals surface area contributed by atoms with E-state index in [0.29, 0.717) is 39.1 Å². The molecule has 40 heavy (non-hydrogen) atoms. The summed E-state index contributed by atoms with van der Waals surface area (Å²) in [7, 11) is 0. The average molecular weight is 534 g/mol. The molecule has 5 rings (SSSR count). The highest BCUT2D eigenvalue weighted by Crippen LogP contribution is 2.24. The summed E-state index contributed by atoms with van der Waals surface area (Å²) < 4.78 is 3.00. The van der Waals surface area contributed by atoms with Crippen molar-refractivity contribution in [3.8, 4) is 17.5 Å². The molecule has 0 saturated heterocycles. The van der Waals surface area contributed by atoms with Gasteiger partial charge in [0.2, 0.25) is 5.91 Å². The fourth-order valence-corrected chi connectivity index (χ4v) is 4.55. The van der Waals surface area contributed by atoms with Crippen LogP contribution < -0.4 is 21.9 Å². The molecule has 3 aromatic heterocycles. The zero-order chi connectivity index (χ0) is 28.4. The standard InChI is InChI=1S/C30H27N7O3/c1-18-14-15-25-34-28(31)27(37(25)35-18)29(39)33-19(2)24-17-22-10-7-9-21(11-8-16-32-20(3)38)26(22)30(40)36(24)23-12-5-4-6-13-23/h4-7,9-10,12-15,17,19H,16,31H2,1-3H3,(H,32,38)(H,33,39). The minimum Gasteiger partial charge on any atom is -0.382 e. The van der Waals surface area contributed by atoms with Gasteiger partial charge in [-0.25, -0.2) is 9.50 Å². The van der Waals surface area contributed by atoms with Crippen molar-refractivity contribution in [2.24, 2.45) is 0 Å². The number of imidazole rings is 1. The summed E-state index contributed by atoms with van der Waals surface area (Å²) in [6, 6.07) is 19.4. The lowest BCUT2D eigenvalue weighted by Gasteiger charge is -2.21. The van der Waals surface area contributed by atoms with E-state index in [1.54, 1.807) is 29.7 Å². The summed E-state index contributed by atoms with van der Waals surface area (Å²) in [6.07, 6.45) is 0. The maximum Gasteiger partial charge on any atom is 0.274 e. The van der Waals surface area contributed by atoms with Crippen LogP contribution >= 0.6 is 0 Å². The van der Waals surface area contributed by atoms with Gasteiger partial charge in [-0.2, -0.15) is 5.10 Å². The van der Waals surface area contributed by atoms with Gasteiger partial charge in [-0.15, -0.1) is 0 Å². The average Bonchev–Trinajstić information content (AvgIpc) is 3.26. The molecule has 4 N–H and O–H groups in total. The molecule has 0 aliphatic carbocycles. The monoisotopic (exact) mass is 533 g/mol. The second kappa shape index (κ2) is 10.7. The molecule has 1 atom stereocenters. The molecule has 0 saturated carbocycles. The molecule has 1 unspecified atom stereocenters. The van der Waals surface area contributed by atoms with Crippen molar-refractivity contribution >= 4 is 34.1 Å². The molecule has 5 aromatic rings. The van der Waals surface area contributed by atoms with Crippen LogP contribution in [0.4, 0.5) is 5.82 Å². The molecular formula is C30H27N7O3. The van der Waals surface area contributed by atoms with Gasteiger partial charge in [0.05, 0.1) is 23.7 Å². The lowest BCUT2D eigenvalue weighted by Crippen LogP contribution is -2.33. The van der Waals surface area contributed by atoms with Crippen LogP contribution in [0.15, 0.2) is 71.5 Å². The van der Waals surface area contributed by atoms with E-state index in [9.17, 15) is 14.4 Å². The fourth-order valence-electron chi connectivity index (χ4n) is 4.55. The normalized spacial score (nSPS) is 11.6. The molecule has 0 radical (unpaired) electrons. The van der Waals surface area contributed by atoms with Gasteiger partial charge in [0.1, 0.15) is 0 Å². The van der Waals surface area contributed by atoms with Crippen LogP contribution in [0.1, 0.15) is 47.3 Å². The summed E-state index contributed by atoms with van der Waals surface area (Å²) in [5, 5.41) is 11.1. The van der Waals surface area contributed by atoms with Crippen molar-refractivity contribution in [2.45, 2.75) is 26.8 Å². The maximum atomic E-state index is 14.1. The highest BCUT2D eigenvalue weighted by atomic mass is 16.2. The molecule has 200 valence electrons. The van der Waals surface area contributed by atoms with Gasteiger partial charge < -0.3 is 16.4 Å². The quantitative estimate of drug-likeness (QED) is 0.297. The van der Waals surface area contributed by atoms with Gasteiger partial charge in [0.25, 0.3) is 11.5 Å². The third kappa shape index (κ3) is 5.00. The number of nitrogens with zero attached hydrogens (tertiary/aromatic N) is 4. The Balaban J connectivity index is 1.61. The molecule has 0 aliphatic heterocycles. The molecule has 0 bridgehead atoms. The minimum atomic E-state index is -0.603. The number of hydrogen-bond acceptors (Lipinski definition) is 6. The molecule has 10 heteroatoms. The second-order valence-corrected chi connectivity index (χ2v) is 9.31. The van der Waals surface area contributed by atoms with Gasteiger partial charge in [0, 0.05) is 23.9 Å². The van der Waals surface area contributed by atoms with Crippen LogP contribution in [0.2, 0.25) is 0 Å². The number of anilines is 1. The number of aryl methyl sites for hydroxylation is 1. The number of fused-ring (bicyclic) bond motifs is 2. The number of amides is 2. The van der Waals surface area contributed by atoms with Crippen molar-refractivity contribution in [3.05, 3.63) is 99.7 Å². The number of pyridine rings is 1. The van der Waals surface area contributed by atoms with E-state index in [1.165, 1.54) is 11.4 Å². The van der Waals surface area contributed by atoms with E-state index >= 15 is 0 Å². The van der Waals surface area contributed by atoms with Crippen LogP contribution in [0.25, 0.3) is 22.1 Å². The largest absolute Gasteiger partial charge is 0.382 e. The Kier molecular flexibility index (Phi) is 7.03. The summed E-state index contributed by atoms with van der Waals surface area (Å²) in [6.45, 7) is 5.20. The number of carbonyl (C=O) groups excluding carboxylic acids is 2. The number of nitrogens with two attached hydrogens (primary N) is 1. The third-order valence-corrected chi connectivity index (χ3v) is 6.38. The first-order valence-electron chi connectivity index (χ1n) is 12.6. The van der Waals surface area contributed by atoms with Crippen molar-refractivity contribution in [2.75, 3.05) is 12.3 Å². The summed E-state index contributed by atoms with van der Waals surface area (Å²) >= 11 is 0. The molecule has 0 spiro atoms. The Morgan fingerprint density at radius 3 is 2.60 bits per heavy atom. The van der Waals surface area contributed by atoms with Crippen LogP contribution in [0.3, 0.4) is 0 Å². The Bertz CT molecular complexity index is 1900. The number of para-hydroxylation sites is 1. The van der Waals surface area contributed by atoms with Gasteiger partial charge in [0.15, 0.2) is 17.2 Å². The third-order valence-electron chi connectivity index (χ3n) is 6.38. The number of carbonyl (C=O) groups is 2. The lowest BCUT2D eigenvalue weighted by molar-refractivity contribution is -0.118. The number of hydrogen-bond donors (Lipinski definition) is 3. The fraction of sp³-hybridized carbons (Fsp3) is 0.167. The Morgan fingerprint density at radius 1 is 1.07 bits per heavy atom. The summed E-state index contributed by atoms with van der Waals surface area (Å²) in [4.78, 5) is 43.0. The van der Waals surface area contributed by atoms with E-state index in [4.69, 9.17) is 5.73 Å². The van der Waals surface area contributed by atoms with Crippen LogP contribution in [-0.2, 0) is 4.79 Å². The highest BCUT2D eigenvalue weighted by molar-refractivity contribution is 5.98. The Hall–Kier alpha value is -5.43. The predicted molar refractivity (Wildman–Crippen MR) is 153 cm³/mol. The summed E-state index contributed by atoms with van der Waals surface area (Å²) in [5.74, 6) is 5.32. The van der Waals surface area contributed by atoms with Crippen molar-refractivity contribution in [3.63, 3.8) is 0 Å². The molecule has 0 fully saturated rings. The number of nitrogens with one attached hydrogen (secondary N) is 2. The van der Waals surface area contributed by atoms with E-state index in [2.05, 4.69) is 32.6 Å². The summed E-state index contributed by atoms with van der Waals surface area (Å²) in [5.41, 5.74) is 8.85. The molecule has 3 heterocycles. The maximum absolute atomic E-state index is 14.1. The van der Waals surface area contributed by atoms with Gasteiger partial charge in [-0.05, 0) is 55.6 Å². The zero-order valence-electron chi connectivity index (χ0n) is 22.2.